The number of hydrogen-bond donors (Lipinski definition) is 5. The van der Waals surface area contributed by atoms with Crippen LogP contribution in [0.5, 0.6) is 0 Å². The lowest BCUT2D eigenvalue weighted by atomic mass is 9.60. The van der Waals surface area contributed by atoms with E-state index in [1.54, 1.807) is 11.5 Å². The maximum absolute atomic E-state index is 12.4. The van der Waals surface area contributed by atoms with Crippen LogP contribution >= 0.6 is 45.1 Å². The van der Waals surface area contributed by atoms with Crippen molar-refractivity contribution in [2.45, 2.75) is 50.3 Å². The van der Waals surface area contributed by atoms with Crippen LogP contribution in [0.1, 0.15) is 32.3 Å². The number of ether oxygens (including phenoxy) is 2. The van der Waals surface area contributed by atoms with E-state index in [2.05, 4.69) is 51.2 Å². The molecule has 1 aliphatic heterocycles. The Morgan fingerprint density at radius 3 is 2.40 bits per heavy atom. The molecule has 0 spiro atoms. The van der Waals surface area contributed by atoms with Crippen molar-refractivity contribution >= 4 is 74.8 Å². The number of nitrogens with zero attached hydrogens (tertiary/aromatic N) is 8. The predicted molar refractivity (Wildman–Crippen MR) is 180 cm³/mol. The highest BCUT2D eigenvalue weighted by Crippen LogP contribution is 2.66. The van der Waals surface area contributed by atoms with Crippen molar-refractivity contribution in [2.24, 2.45) is 0 Å². The Hall–Kier alpha value is -2.40. The van der Waals surface area contributed by atoms with Gasteiger partial charge in [-0.3, -0.25) is 9.09 Å². The Bertz CT molecular complexity index is 1940. The molecule has 4 heterocycles. The van der Waals surface area contributed by atoms with E-state index >= 15 is 0 Å². The minimum atomic E-state index is -5.71. The van der Waals surface area contributed by atoms with Crippen LogP contribution in [-0.2, 0) is 36.3 Å². The van der Waals surface area contributed by atoms with Crippen LogP contribution in [0.25, 0.3) is 22.6 Å². The van der Waals surface area contributed by atoms with Gasteiger partial charge < -0.3 is 34.8 Å². The van der Waals surface area contributed by atoms with Crippen LogP contribution in [0.4, 0.5) is 5.82 Å². The number of nitrogens with two attached hydrogens (primary N) is 1. The van der Waals surface area contributed by atoms with Crippen molar-refractivity contribution in [1.82, 2.24) is 39.9 Å². The number of anilines is 1. The van der Waals surface area contributed by atoms with Gasteiger partial charge in [0, 0.05) is 12.0 Å². The summed E-state index contributed by atoms with van der Waals surface area (Å²) in [5, 5.41) is 16.0. The van der Waals surface area contributed by atoms with E-state index in [-0.39, 0.29) is 22.8 Å². The van der Waals surface area contributed by atoms with Gasteiger partial charge in [-0.05, 0) is 11.6 Å². The summed E-state index contributed by atoms with van der Waals surface area (Å²) in [7, 11) is -11.7. The summed E-state index contributed by atoms with van der Waals surface area (Å²) in [5.74, 6) is 1.17. The lowest BCUT2D eigenvalue weighted by Crippen LogP contribution is -2.33. The molecule has 1 radical (unpaired) electrons. The monoisotopic (exact) mass is 792 g/mol. The molecule has 1 aliphatic rings. The van der Waals surface area contributed by atoms with Crippen LogP contribution in [0.2, 0.25) is 0 Å². The van der Waals surface area contributed by atoms with E-state index in [0.29, 0.717) is 22.8 Å². The maximum atomic E-state index is 12.4. The molecule has 5 rings (SSSR count). The summed E-state index contributed by atoms with van der Waals surface area (Å²) >= 11 is 0. The minimum Gasteiger partial charge on any atom is -0.382 e. The average Bonchev–Trinajstić information content (AvgIpc) is 3.62. The molecule has 1 saturated heterocycles. The Balaban J connectivity index is 1.20. The quantitative estimate of drug-likeness (QED) is 0.0357. The number of aryl methyl sites for hydroxylation is 1. The lowest BCUT2D eigenvalue weighted by molar-refractivity contribution is -0.0522. The minimum absolute atomic E-state index is 0.137. The zero-order chi connectivity index (χ0) is 36.3. The van der Waals surface area contributed by atoms with E-state index in [4.69, 9.17) is 29.5 Å². The third-order valence-electron chi connectivity index (χ3n) is 6.56. The van der Waals surface area contributed by atoms with Crippen LogP contribution in [0.3, 0.4) is 0 Å². The first-order chi connectivity index (χ1) is 23.4. The first-order valence-corrected chi connectivity index (χ1v) is 21.0. The molecule has 1 fully saturated rings. The summed E-state index contributed by atoms with van der Waals surface area (Å²) in [5.41, 5.74) is 8.30. The van der Waals surface area contributed by atoms with Crippen molar-refractivity contribution in [3.63, 3.8) is 0 Å². The molecule has 0 amide bonds. The van der Waals surface area contributed by atoms with Crippen molar-refractivity contribution < 1.29 is 55.9 Å². The number of imidazole rings is 1. The zero-order valence-electron chi connectivity index (χ0n) is 26.3. The Morgan fingerprint density at radius 1 is 1.02 bits per heavy atom. The molecule has 0 bridgehead atoms. The Kier molecular flexibility index (Phi) is 12.2. The number of fused-ring (bicyclic) bond motifs is 1. The van der Waals surface area contributed by atoms with Gasteiger partial charge >= 0.3 is 23.5 Å². The van der Waals surface area contributed by atoms with Crippen LogP contribution in [-0.4, -0.2) is 96.2 Å². The largest absolute Gasteiger partial charge is 0.490 e. The topological polar surface area (TPSA) is 299 Å². The van der Waals surface area contributed by atoms with Crippen LogP contribution in [0, 0.1) is 6.92 Å². The molecule has 3 aromatic heterocycles. The number of hydrogen-bond acceptors (Lipinski definition) is 18. The van der Waals surface area contributed by atoms with Gasteiger partial charge in [-0.1, -0.05) is 65.2 Å². The number of benzene rings is 1. The second-order valence-electron chi connectivity index (χ2n) is 11.0. The average molecular weight is 792 g/mol. The van der Waals surface area contributed by atoms with Gasteiger partial charge in [0.05, 0.1) is 19.0 Å². The van der Waals surface area contributed by atoms with Gasteiger partial charge in [-0.15, -0.1) is 20.4 Å². The molecular weight excluding hydrogens is 762 g/mol. The summed E-state index contributed by atoms with van der Waals surface area (Å²) < 4.78 is 60.9. The Morgan fingerprint density at radius 2 is 1.72 bits per heavy atom. The highest BCUT2D eigenvalue weighted by Gasteiger charge is 2.43. The van der Waals surface area contributed by atoms with Gasteiger partial charge in [0.2, 0.25) is 5.82 Å². The van der Waals surface area contributed by atoms with Gasteiger partial charge in [-0.2, -0.15) is 8.62 Å². The fourth-order valence-corrected chi connectivity index (χ4v) is 9.75. The van der Waals surface area contributed by atoms with Crippen LogP contribution < -0.4 is 11.2 Å². The van der Waals surface area contributed by atoms with E-state index in [9.17, 15) is 23.5 Å². The normalized spacial score (nSPS) is 20.8. The molecule has 1 aromatic carbocycles. The first kappa shape index (κ1) is 38.8. The second kappa shape index (κ2) is 15.7. The van der Waals surface area contributed by atoms with Gasteiger partial charge in [0.15, 0.2) is 24.6 Å². The molecule has 27 heteroatoms. The summed E-state index contributed by atoms with van der Waals surface area (Å²) in [6.07, 6.45) is 0.288. The molecule has 269 valence electrons. The summed E-state index contributed by atoms with van der Waals surface area (Å²) in [6.45, 7) is 5.04. The van der Waals surface area contributed by atoms with Gasteiger partial charge in [-0.25, -0.2) is 28.6 Å². The van der Waals surface area contributed by atoms with Crippen molar-refractivity contribution in [3.05, 3.63) is 42.7 Å². The maximum Gasteiger partial charge on any atom is 0.490 e. The second-order valence-corrected chi connectivity index (χ2v) is 18.3. The molecular formula is C23H30BN9O12P3S2. The SMILES string of the molecule is Cc1nnc(-c2ccc([B]C(C)(C)SSCO[C@@H]3C[C@H](n4cnc5c(N)ncnc54)OC3COP(=O)(O)OP(=O)(O)OP(=O)(O)O)cc2)nn1. The third-order valence-corrected chi connectivity index (χ3v) is 13.2. The first-order valence-electron chi connectivity index (χ1n) is 14.2. The van der Waals surface area contributed by atoms with Crippen molar-refractivity contribution in [1.29, 1.82) is 0 Å². The molecule has 4 aromatic rings. The summed E-state index contributed by atoms with van der Waals surface area (Å²) in [6, 6.07) is 7.61. The zero-order valence-corrected chi connectivity index (χ0v) is 30.6. The molecule has 6 N–H and O–H groups in total. The molecule has 0 saturated carbocycles. The molecule has 3 unspecified atom stereocenters. The van der Waals surface area contributed by atoms with E-state index < -0.39 is 48.5 Å². The van der Waals surface area contributed by atoms with Crippen molar-refractivity contribution in [3.8, 4) is 11.4 Å². The predicted octanol–water partition coefficient (Wildman–Crippen LogP) is 2.08. The molecule has 50 heavy (non-hydrogen) atoms. The fourth-order valence-electron chi connectivity index (χ4n) is 4.59. The fraction of sp³-hybridized carbons (Fsp3) is 0.435. The number of phosphoric ester groups is 1. The summed E-state index contributed by atoms with van der Waals surface area (Å²) in [4.78, 5) is 49.4. The standard InChI is InChI=1S/C23H30BN9O12P3S2/c1-13-29-31-21(32-30-13)14-4-6-15(7-5-14)24-23(2,3)50-49-12-41-16-8-18(33-11-28-19-20(25)26-10-27-22(19)33)43-17(16)9-42-47(37,38)45-48(39,40)44-46(34,35)36/h4-7,10-11,16-18H,8-9,12H2,1-3H3,(H,37,38)(H,39,40)(H2,25,26,27)(H2,34,35,36)/t16-,17?,18-/m1/s1. The van der Waals surface area contributed by atoms with E-state index in [0.717, 1.165) is 11.0 Å². The molecule has 5 atom stereocenters. The Labute approximate surface area is 292 Å². The van der Waals surface area contributed by atoms with Crippen LogP contribution in [0.15, 0.2) is 36.9 Å². The van der Waals surface area contributed by atoms with Gasteiger partial charge in [0.1, 0.15) is 30.1 Å². The number of rotatable bonds is 16. The number of phosphoric acid groups is 3. The third kappa shape index (κ3) is 10.8. The van der Waals surface area contributed by atoms with E-state index in [1.165, 1.54) is 34.2 Å². The number of nitrogen functional groups attached to an aromatic ring is 1. The van der Waals surface area contributed by atoms with E-state index in [1.807, 2.05) is 38.1 Å². The lowest BCUT2D eigenvalue weighted by Gasteiger charge is -2.24. The highest BCUT2D eigenvalue weighted by molar-refractivity contribution is 8.77. The molecule has 21 nitrogen and oxygen atoms in total. The smallest absolute Gasteiger partial charge is 0.382 e. The van der Waals surface area contributed by atoms with Crippen molar-refractivity contribution in [2.75, 3.05) is 18.3 Å². The van der Waals surface area contributed by atoms with Gasteiger partial charge in [0.25, 0.3) is 0 Å². The highest BCUT2D eigenvalue weighted by atomic mass is 33.1. The molecule has 0 aliphatic carbocycles. The number of aromatic nitrogens is 8.